The van der Waals surface area contributed by atoms with Crippen molar-refractivity contribution in [2.75, 3.05) is 27.3 Å². The zero-order valence-corrected chi connectivity index (χ0v) is 19.4. The molecule has 2 aromatic carbocycles. The lowest BCUT2D eigenvalue weighted by molar-refractivity contribution is 0.221. The number of sulfone groups is 1. The summed E-state index contributed by atoms with van der Waals surface area (Å²) in [6.07, 6.45) is 1.27. The van der Waals surface area contributed by atoms with Gasteiger partial charge in [0.25, 0.3) is 0 Å². The maximum absolute atomic E-state index is 13.2. The molecule has 0 N–H and O–H groups in total. The minimum absolute atomic E-state index is 0.337. The molecule has 2 heterocycles. The Hall–Kier alpha value is -2.35. The first-order valence-corrected chi connectivity index (χ1v) is 12.8. The molecular weight excluding hydrogens is 430 g/mol. The minimum Gasteiger partial charge on any atom is -0.497 e. The predicted molar refractivity (Wildman–Crippen MR) is 125 cm³/mol. The van der Waals surface area contributed by atoms with E-state index in [-0.39, 0.29) is 5.25 Å². The fourth-order valence-corrected chi connectivity index (χ4v) is 6.45. The van der Waals surface area contributed by atoms with Gasteiger partial charge < -0.3 is 9.47 Å². The van der Waals surface area contributed by atoms with Gasteiger partial charge in [-0.1, -0.05) is 12.1 Å². The van der Waals surface area contributed by atoms with Gasteiger partial charge in [0, 0.05) is 12.6 Å². The lowest BCUT2D eigenvalue weighted by atomic mass is 10.1. The van der Waals surface area contributed by atoms with Crippen molar-refractivity contribution in [2.24, 2.45) is 0 Å². The predicted octanol–water partition coefficient (Wildman–Crippen LogP) is 4.87. The number of thiophene rings is 1. The molecule has 0 spiro atoms. The molecule has 1 aromatic heterocycles. The number of likely N-dealkylation sites (tertiary alicyclic amines) is 1. The van der Waals surface area contributed by atoms with Crippen LogP contribution in [0.1, 0.15) is 18.4 Å². The molecule has 0 radical (unpaired) electrons. The topological polar surface area (TPSA) is 55.8 Å². The molecule has 0 bridgehead atoms. The summed E-state index contributed by atoms with van der Waals surface area (Å²) in [5.41, 5.74) is 3.27. The number of ether oxygens (including phenoxy) is 2. The van der Waals surface area contributed by atoms with Crippen molar-refractivity contribution in [3.8, 4) is 22.6 Å². The second-order valence-electron chi connectivity index (χ2n) is 7.78. The second kappa shape index (κ2) is 9.42. The zero-order valence-electron chi connectivity index (χ0n) is 17.8. The lowest BCUT2D eigenvalue weighted by Gasteiger charge is -2.31. The molecule has 0 atom stereocenters. The average Bonchev–Trinajstić information content (AvgIpc) is 3.34. The molecule has 164 valence electrons. The Bertz CT molecular complexity index is 1080. The average molecular weight is 458 g/mol. The molecule has 5 nitrogen and oxygen atoms in total. The summed E-state index contributed by atoms with van der Waals surface area (Å²) in [4.78, 5) is 2.71. The second-order valence-corrected chi connectivity index (χ2v) is 10.8. The highest BCUT2D eigenvalue weighted by molar-refractivity contribution is 7.92. The van der Waals surface area contributed by atoms with Crippen molar-refractivity contribution in [3.63, 3.8) is 0 Å². The standard InChI is InChI=1S/C24H27NO4S2/c1-28-21-13-18(14-22(15-21)29-2)16-25-10-7-24(8-11-25)31(26,27)23-5-3-19(4-6-23)20-9-12-30-17-20/h3-6,9,12-15,17,24H,7-8,10-11,16H2,1-2H3. The van der Waals surface area contributed by atoms with Crippen LogP contribution in [0.25, 0.3) is 11.1 Å². The third-order valence-corrected chi connectivity index (χ3v) is 8.79. The van der Waals surface area contributed by atoms with Crippen LogP contribution in [0.2, 0.25) is 0 Å². The van der Waals surface area contributed by atoms with Gasteiger partial charge in [-0.25, -0.2) is 8.42 Å². The Kier molecular flexibility index (Phi) is 6.65. The van der Waals surface area contributed by atoms with Crippen molar-refractivity contribution < 1.29 is 17.9 Å². The van der Waals surface area contributed by atoms with Crippen molar-refractivity contribution in [1.29, 1.82) is 0 Å². The summed E-state index contributed by atoms with van der Waals surface area (Å²) in [6, 6.07) is 15.2. The van der Waals surface area contributed by atoms with Crippen LogP contribution in [-0.2, 0) is 16.4 Å². The Labute approximate surface area is 188 Å². The van der Waals surface area contributed by atoms with Crippen molar-refractivity contribution in [2.45, 2.75) is 29.5 Å². The van der Waals surface area contributed by atoms with Gasteiger partial charge in [-0.2, -0.15) is 11.3 Å². The van der Waals surface area contributed by atoms with Gasteiger partial charge in [0.1, 0.15) is 11.5 Å². The van der Waals surface area contributed by atoms with E-state index in [0.717, 1.165) is 47.8 Å². The van der Waals surface area contributed by atoms with Gasteiger partial charge >= 0.3 is 0 Å². The molecule has 3 aromatic rings. The third-order valence-electron chi connectivity index (χ3n) is 5.83. The zero-order chi connectivity index (χ0) is 21.8. The molecule has 31 heavy (non-hydrogen) atoms. The Morgan fingerprint density at radius 3 is 2.13 bits per heavy atom. The molecule has 0 saturated carbocycles. The normalized spacial score (nSPS) is 15.7. The maximum Gasteiger partial charge on any atom is 0.181 e. The van der Waals surface area contributed by atoms with Crippen molar-refractivity contribution in [3.05, 3.63) is 64.9 Å². The lowest BCUT2D eigenvalue weighted by Crippen LogP contribution is -2.38. The monoisotopic (exact) mass is 457 g/mol. The number of hydrogen-bond donors (Lipinski definition) is 0. The van der Waals surface area contributed by atoms with Gasteiger partial charge in [0.05, 0.1) is 24.4 Å². The van der Waals surface area contributed by atoms with E-state index in [1.165, 1.54) is 0 Å². The first-order chi connectivity index (χ1) is 15.0. The van der Waals surface area contributed by atoms with E-state index in [4.69, 9.17) is 9.47 Å². The fraction of sp³-hybridized carbons (Fsp3) is 0.333. The summed E-state index contributed by atoms with van der Waals surface area (Å²) in [7, 11) is -0.0479. The molecule has 1 saturated heterocycles. The molecule has 7 heteroatoms. The van der Waals surface area contributed by atoms with Crippen LogP contribution < -0.4 is 9.47 Å². The summed E-state index contributed by atoms with van der Waals surface area (Å²) >= 11 is 1.63. The summed E-state index contributed by atoms with van der Waals surface area (Å²) in [5, 5.41) is 3.75. The van der Waals surface area contributed by atoms with Crippen LogP contribution in [-0.4, -0.2) is 45.9 Å². The van der Waals surface area contributed by atoms with Crippen LogP contribution in [0.4, 0.5) is 0 Å². The molecule has 0 amide bonds. The number of piperidine rings is 1. The van der Waals surface area contributed by atoms with Crippen LogP contribution in [0, 0.1) is 0 Å². The van der Waals surface area contributed by atoms with E-state index in [0.29, 0.717) is 17.7 Å². The largest absolute Gasteiger partial charge is 0.497 e. The van der Waals surface area contributed by atoms with Crippen molar-refractivity contribution in [1.82, 2.24) is 4.90 Å². The van der Waals surface area contributed by atoms with Crippen molar-refractivity contribution >= 4 is 21.2 Å². The number of rotatable bonds is 7. The van der Waals surface area contributed by atoms with Crippen LogP contribution in [0.5, 0.6) is 11.5 Å². The van der Waals surface area contributed by atoms with Crippen LogP contribution in [0.15, 0.2) is 64.2 Å². The maximum atomic E-state index is 13.2. The summed E-state index contributed by atoms with van der Waals surface area (Å²) in [6.45, 7) is 2.24. The van der Waals surface area contributed by atoms with E-state index in [2.05, 4.69) is 10.3 Å². The highest BCUT2D eigenvalue weighted by Crippen LogP contribution is 2.29. The Morgan fingerprint density at radius 2 is 1.58 bits per heavy atom. The van der Waals surface area contributed by atoms with Gasteiger partial charge in [0.15, 0.2) is 9.84 Å². The van der Waals surface area contributed by atoms with E-state index in [1.807, 2.05) is 41.8 Å². The number of benzene rings is 2. The van der Waals surface area contributed by atoms with E-state index >= 15 is 0 Å². The SMILES string of the molecule is COc1cc(CN2CCC(S(=O)(=O)c3ccc(-c4ccsc4)cc3)CC2)cc(OC)c1. The van der Waals surface area contributed by atoms with E-state index < -0.39 is 9.84 Å². The highest BCUT2D eigenvalue weighted by Gasteiger charge is 2.31. The molecule has 1 aliphatic rings. The third kappa shape index (κ3) is 4.95. The minimum atomic E-state index is -3.33. The van der Waals surface area contributed by atoms with E-state index in [9.17, 15) is 8.42 Å². The molecule has 1 aliphatic heterocycles. The fourth-order valence-electron chi connectivity index (χ4n) is 4.05. The quantitative estimate of drug-likeness (QED) is 0.507. The van der Waals surface area contributed by atoms with Gasteiger partial charge in [-0.3, -0.25) is 4.90 Å². The van der Waals surface area contributed by atoms with Crippen LogP contribution >= 0.6 is 11.3 Å². The molecule has 4 rings (SSSR count). The summed E-state index contributed by atoms with van der Waals surface area (Å²) < 4.78 is 37.0. The molecule has 0 unspecified atom stereocenters. The molecule has 0 aliphatic carbocycles. The Morgan fingerprint density at radius 1 is 0.935 bits per heavy atom. The molecule has 1 fully saturated rings. The first kappa shape index (κ1) is 21.9. The van der Waals surface area contributed by atoms with Gasteiger partial charge in [-0.15, -0.1) is 0 Å². The van der Waals surface area contributed by atoms with Gasteiger partial charge in [-0.05, 0) is 83.7 Å². The van der Waals surface area contributed by atoms with E-state index in [1.54, 1.807) is 37.7 Å². The number of nitrogens with zero attached hydrogens (tertiary/aromatic N) is 1. The Balaban J connectivity index is 1.40. The van der Waals surface area contributed by atoms with Crippen LogP contribution in [0.3, 0.4) is 0 Å². The number of methoxy groups -OCH3 is 2. The summed E-state index contributed by atoms with van der Waals surface area (Å²) in [5.74, 6) is 1.52. The molecular formula is C24H27NO4S2. The first-order valence-electron chi connectivity index (χ1n) is 10.3. The van der Waals surface area contributed by atoms with Gasteiger partial charge in [0.2, 0.25) is 0 Å². The highest BCUT2D eigenvalue weighted by atomic mass is 32.2. The number of hydrogen-bond acceptors (Lipinski definition) is 6. The smallest absolute Gasteiger partial charge is 0.181 e.